The first kappa shape index (κ1) is 12.5. The molecule has 1 aliphatic heterocycles. The molecule has 7 nitrogen and oxygen atoms in total. The summed E-state index contributed by atoms with van der Waals surface area (Å²) in [6, 6.07) is 0. The fourth-order valence-electron chi connectivity index (χ4n) is 1.74. The third-order valence-corrected chi connectivity index (χ3v) is 2.83. The first-order chi connectivity index (χ1) is 8.50. The molecule has 2 unspecified atom stereocenters. The molecule has 2 atom stereocenters. The quantitative estimate of drug-likeness (QED) is 0.537. The summed E-state index contributed by atoms with van der Waals surface area (Å²) in [7, 11) is 3.12. The van der Waals surface area contributed by atoms with Crippen molar-refractivity contribution in [2.75, 3.05) is 14.1 Å². The van der Waals surface area contributed by atoms with Gasteiger partial charge >= 0.3 is 6.17 Å². The summed E-state index contributed by atoms with van der Waals surface area (Å²) in [5, 5.41) is 11.0. The Bertz CT molecular complexity index is 426. The fraction of sp³-hybridized carbons (Fsp3) is 0.636. The van der Waals surface area contributed by atoms with Crippen LogP contribution in [0, 0.1) is 16.0 Å². The standard InChI is InChI=1S/C11H15N3O4/c1-13(2)11(15)9-8(18-7-3-4-7)5-6-12-10(9)14(16)17/h5-7,9-10H,3-4H2,1-2H3. The molecule has 1 fully saturated rings. The van der Waals surface area contributed by atoms with Gasteiger partial charge in [0.25, 0.3) is 0 Å². The van der Waals surface area contributed by atoms with Crippen molar-refractivity contribution in [2.45, 2.75) is 25.1 Å². The van der Waals surface area contributed by atoms with E-state index in [-0.39, 0.29) is 12.0 Å². The maximum absolute atomic E-state index is 12.1. The largest absolute Gasteiger partial charge is 0.493 e. The number of hydrogen-bond acceptors (Lipinski definition) is 5. The van der Waals surface area contributed by atoms with Crippen LogP contribution in [0.25, 0.3) is 0 Å². The molecule has 0 radical (unpaired) electrons. The number of hydrogen-bond donors (Lipinski definition) is 0. The molecule has 18 heavy (non-hydrogen) atoms. The molecule has 0 N–H and O–H groups in total. The van der Waals surface area contributed by atoms with Crippen molar-refractivity contribution < 1.29 is 14.5 Å². The van der Waals surface area contributed by atoms with E-state index in [0.717, 1.165) is 12.8 Å². The van der Waals surface area contributed by atoms with E-state index in [1.807, 2.05) is 0 Å². The van der Waals surface area contributed by atoms with Gasteiger partial charge in [-0.2, -0.15) is 0 Å². The summed E-state index contributed by atoms with van der Waals surface area (Å²) in [6.45, 7) is 0. The number of nitrogens with zero attached hydrogens (tertiary/aromatic N) is 3. The second-order valence-electron chi connectivity index (χ2n) is 4.59. The predicted octanol–water partition coefficient (Wildman–Crippen LogP) is 0.441. The monoisotopic (exact) mass is 253 g/mol. The summed E-state index contributed by atoms with van der Waals surface area (Å²) in [4.78, 5) is 27.6. The molecular formula is C11H15N3O4. The Balaban J connectivity index is 2.24. The Morgan fingerprint density at radius 3 is 2.72 bits per heavy atom. The van der Waals surface area contributed by atoms with Crippen LogP contribution in [0.15, 0.2) is 16.8 Å². The number of aliphatic imine (C=N–C) groups is 1. The summed E-state index contributed by atoms with van der Waals surface area (Å²) in [5.41, 5.74) is 0. The SMILES string of the molecule is CN(C)C(=O)C1C(OC2CC2)=CC=NC1[N+](=O)[O-]. The van der Waals surface area contributed by atoms with E-state index in [1.165, 1.54) is 11.1 Å². The predicted molar refractivity (Wildman–Crippen MR) is 63.6 cm³/mol. The average molecular weight is 253 g/mol. The summed E-state index contributed by atoms with van der Waals surface area (Å²) in [6.07, 6.45) is 3.54. The maximum atomic E-state index is 12.1. The van der Waals surface area contributed by atoms with Crippen LogP contribution in [-0.2, 0) is 9.53 Å². The fourth-order valence-corrected chi connectivity index (χ4v) is 1.74. The number of allylic oxidation sites excluding steroid dienone is 1. The highest BCUT2D eigenvalue weighted by molar-refractivity contribution is 5.85. The molecule has 98 valence electrons. The Kier molecular flexibility index (Phi) is 3.31. The number of nitro groups is 1. The second-order valence-corrected chi connectivity index (χ2v) is 4.59. The Morgan fingerprint density at radius 1 is 1.56 bits per heavy atom. The van der Waals surface area contributed by atoms with E-state index in [0.29, 0.717) is 5.76 Å². The minimum atomic E-state index is -1.29. The van der Waals surface area contributed by atoms with Gasteiger partial charge in [-0.3, -0.25) is 14.9 Å². The molecular weight excluding hydrogens is 238 g/mol. The topological polar surface area (TPSA) is 85.0 Å². The van der Waals surface area contributed by atoms with Crippen molar-refractivity contribution in [3.63, 3.8) is 0 Å². The van der Waals surface area contributed by atoms with Gasteiger partial charge in [0, 0.05) is 25.2 Å². The first-order valence-corrected chi connectivity index (χ1v) is 5.75. The lowest BCUT2D eigenvalue weighted by Gasteiger charge is -2.25. The van der Waals surface area contributed by atoms with Gasteiger partial charge in [-0.05, 0) is 18.9 Å². The van der Waals surface area contributed by atoms with Gasteiger partial charge in [-0.1, -0.05) is 0 Å². The van der Waals surface area contributed by atoms with Crippen LogP contribution in [0.5, 0.6) is 0 Å². The number of rotatable bonds is 4. The molecule has 1 heterocycles. The minimum Gasteiger partial charge on any atom is -0.493 e. The summed E-state index contributed by atoms with van der Waals surface area (Å²) >= 11 is 0. The van der Waals surface area contributed by atoms with Crippen molar-refractivity contribution in [3.8, 4) is 0 Å². The van der Waals surface area contributed by atoms with E-state index < -0.39 is 17.0 Å². The van der Waals surface area contributed by atoms with Crippen LogP contribution in [0.1, 0.15) is 12.8 Å². The number of amides is 1. The van der Waals surface area contributed by atoms with Crippen molar-refractivity contribution in [2.24, 2.45) is 10.9 Å². The number of carbonyl (C=O) groups excluding carboxylic acids is 1. The van der Waals surface area contributed by atoms with Gasteiger partial charge in [0.2, 0.25) is 5.91 Å². The molecule has 0 aromatic rings. The van der Waals surface area contributed by atoms with E-state index >= 15 is 0 Å². The number of carbonyl (C=O) groups is 1. The third-order valence-electron chi connectivity index (χ3n) is 2.83. The lowest BCUT2D eigenvalue weighted by molar-refractivity contribution is -0.526. The van der Waals surface area contributed by atoms with Crippen LogP contribution in [0.4, 0.5) is 0 Å². The van der Waals surface area contributed by atoms with Crippen LogP contribution in [0.3, 0.4) is 0 Å². The minimum absolute atomic E-state index is 0.0904. The van der Waals surface area contributed by atoms with E-state index in [9.17, 15) is 14.9 Å². The molecule has 1 aliphatic carbocycles. The van der Waals surface area contributed by atoms with Crippen molar-refractivity contribution in [1.82, 2.24) is 4.90 Å². The van der Waals surface area contributed by atoms with Gasteiger partial charge in [0.15, 0.2) is 5.92 Å². The maximum Gasteiger partial charge on any atom is 0.322 e. The average Bonchev–Trinajstić information content (AvgIpc) is 3.11. The Labute approximate surface area is 104 Å². The zero-order valence-electron chi connectivity index (χ0n) is 10.3. The van der Waals surface area contributed by atoms with Crippen molar-refractivity contribution in [1.29, 1.82) is 0 Å². The molecule has 0 bridgehead atoms. The molecule has 0 spiro atoms. The van der Waals surface area contributed by atoms with Gasteiger partial charge in [-0.15, -0.1) is 0 Å². The summed E-state index contributed by atoms with van der Waals surface area (Å²) < 4.78 is 5.58. The van der Waals surface area contributed by atoms with E-state index in [4.69, 9.17) is 4.74 Å². The van der Waals surface area contributed by atoms with Gasteiger partial charge in [-0.25, -0.2) is 4.99 Å². The molecule has 1 saturated carbocycles. The highest BCUT2D eigenvalue weighted by atomic mass is 16.6. The number of ether oxygens (including phenoxy) is 1. The van der Waals surface area contributed by atoms with Gasteiger partial charge < -0.3 is 9.64 Å². The zero-order valence-corrected chi connectivity index (χ0v) is 10.3. The Hall–Kier alpha value is -1.92. The zero-order chi connectivity index (χ0) is 13.3. The molecule has 0 aromatic heterocycles. The molecule has 0 aromatic carbocycles. The Morgan fingerprint density at radius 2 is 2.22 bits per heavy atom. The summed E-state index contributed by atoms with van der Waals surface area (Å²) in [5.74, 6) is -0.964. The molecule has 1 amide bonds. The van der Waals surface area contributed by atoms with E-state index in [2.05, 4.69) is 4.99 Å². The van der Waals surface area contributed by atoms with Crippen LogP contribution >= 0.6 is 0 Å². The van der Waals surface area contributed by atoms with Gasteiger partial charge in [0.1, 0.15) is 5.76 Å². The van der Waals surface area contributed by atoms with Crippen LogP contribution in [-0.4, -0.2) is 48.3 Å². The second kappa shape index (κ2) is 4.75. The molecule has 2 rings (SSSR count). The molecule has 0 saturated heterocycles. The first-order valence-electron chi connectivity index (χ1n) is 5.75. The smallest absolute Gasteiger partial charge is 0.322 e. The van der Waals surface area contributed by atoms with E-state index in [1.54, 1.807) is 20.2 Å². The van der Waals surface area contributed by atoms with Gasteiger partial charge in [0.05, 0.1) is 6.10 Å². The molecule has 7 heteroatoms. The lowest BCUT2D eigenvalue weighted by atomic mass is 10.00. The van der Waals surface area contributed by atoms with Crippen molar-refractivity contribution >= 4 is 12.1 Å². The highest BCUT2D eigenvalue weighted by Crippen LogP contribution is 2.32. The number of dihydropyridines is 1. The lowest BCUT2D eigenvalue weighted by Crippen LogP contribution is -2.42. The normalized spacial score (nSPS) is 26.4. The highest BCUT2D eigenvalue weighted by Gasteiger charge is 2.44. The van der Waals surface area contributed by atoms with Crippen LogP contribution in [0.2, 0.25) is 0 Å². The molecule has 2 aliphatic rings. The third kappa shape index (κ3) is 2.49. The van der Waals surface area contributed by atoms with Crippen molar-refractivity contribution in [3.05, 3.63) is 21.9 Å². The van der Waals surface area contributed by atoms with Crippen LogP contribution < -0.4 is 0 Å².